The summed E-state index contributed by atoms with van der Waals surface area (Å²) in [6, 6.07) is 12.7. The first-order valence-corrected chi connectivity index (χ1v) is 4.74. The molecule has 0 spiro atoms. The van der Waals surface area contributed by atoms with Gasteiger partial charge in [0.15, 0.2) is 0 Å². The molecule has 1 N–H and O–H groups in total. The summed E-state index contributed by atoms with van der Waals surface area (Å²) in [5.74, 6) is -0.272. The van der Waals surface area contributed by atoms with Gasteiger partial charge in [-0.1, -0.05) is 0 Å². The molecule has 0 fully saturated rings. The van der Waals surface area contributed by atoms with E-state index in [2.05, 4.69) is 10.5 Å². The first kappa shape index (κ1) is 10.3. The van der Waals surface area contributed by atoms with Gasteiger partial charge in [-0.05, 0) is 53.7 Å². The molecular formula is C12H9FN2O. The van der Waals surface area contributed by atoms with E-state index in [9.17, 15) is 9.30 Å². The second-order valence-electron chi connectivity index (χ2n) is 3.27. The van der Waals surface area contributed by atoms with Gasteiger partial charge in [0.25, 0.3) is 0 Å². The number of hydrogen-bond donors (Lipinski definition) is 1. The van der Waals surface area contributed by atoms with Crippen molar-refractivity contribution >= 4 is 17.1 Å². The highest BCUT2D eigenvalue weighted by atomic mass is 19.1. The number of halogens is 1. The van der Waals surface area contributed by atoms with E-state index < -0.39 is 0 Å². The topological polar surface area (TPSA) is 41.5 Å². The van der Waals surface area contributed by atoms with Gasteiger partial charge in [-0.15, -0.1) is 4.91 Å². The van der Waals surface area contributed by atoms with Crippen molar-refractivity contribution in [3.05, 3.63) is 59.3 Å². The third-order valence-corrected chi connectivity index (χ3v) is 2.11. The highest BCUT2D eigenvalue weighted by molar-refractivity contribution is 5.61. The first-order valence-electron chi connectivity index (χ1n) is 4.74. The summed E-state index contributed by atoms with van der Waals surface area (Å²) in [4.78, 5) is 10.2. The lowest BCUT2D eigenvalue weighted by Gasteiger charge is -2.05. The van der Waals surface area contributed by atoms with Crippen molar-refractivity contribution in [2.45, 2.75) is 0 Å². The maximum Gasteiger partial charge on any atom is 0.123 e. The third-order valence-electron chi connectivity index (χ3n) is 2.11. The summed E-state index contributed by atoms with van der Waals surface area (Å²) >= 11 is 0. The molecule has 80 valence electrons. The lowest BCUT2D eigenvalue weighted by atomic mass is 10.2. The van der Waals surface area contributed by atoms with Crippen molar-refractivity contribution in [2.24, 2.45) is 5.18 Å². The van der Waals surface area contributed by atoms with Crippen molar-refractivity contribution < 1.29 is 4.39 Å². The van der Waals surface area contributed by atoms with Crippen LogP contribution < -0.4 is 5.32 Å². The summed E-state index contributed by atoms with van der Waals surface area (Å²) in [6.07, 6.45) is 0. The molecule has 0 saturated carbocycles. The van der Waals surface area contributed by atoms with Gasteiger partial charge in [-0.2, -0.15) is 0 Å². The molecule has 2 aromatic rings. The van der Waals surface area contributed by atoms with E-state index >= 15 is 0 Å². The minimum atomic E-state index is -0.272. The summed E-state index contributed by atoms with van der Waals surface area (Å²) in [5, 5.41) is 5.87. The summed E-state index contributed by atoms with van der Waals surface area (Å²) in [6.45, 7) is 0. The van der Waals surface area contributed by atoms with Gasteiger partial charge in [0.05, 0.1) is 0 Å². The number of rotatable bonds is 3. The second kappa shape index (κ2) is 4.53. The predicted octanol–water partition coefficient (Wildman–Crippen LogP) is 3.97. The zero-order valence-electron chi connectivity index (χ0n) is 8.35. The Morgan fingerprint density at radius 2 is 1.38 bits per heavy atom. The van der Waals surface area contributed by atoms with Gasteiger partial charge in [0.2, 0.25) is 0 Å². The Kier molecular flexibility index (Phi) is 2.91. The summed E-state index contributed by atoms with van der Waals surface area (Å²) in [5.41, 5.74) is 1.98. The van der Waals surface area contributed by atoms with Crippen LogP contribution in [0, 0.1) is 10.7 Å². The molecule has 0 unspecified atom stereocenters. The zero-order valence-corrected chi connectivity index (χ0v) is 8.35. The number of nitroso groups, excluding NO2 is 1. The predicted molar refractivity (Wildman–Crippen MR) is 61.6 cm³/mol. The molecule has 2 rings (SSSR count). The van der Waals surface area contributed by atoms with Gasteiger partial charge >= 0.3 is 0 Å². The summed E-state index contributed by atoms with van der Waals surface area (Å²) in [7, 11) is 0. The molecule has 2 aromatic carbocycles. The van der Waals surface area contributed by atoms with Crippen LogP contribution in [0.4, 0.5) is 21.5 Å². The van der Waals surface area contributed by atoms with Gasteiger partial charge in [-0.3, -0.25) is 0 Å². The molecule has 3 nitrogen and oxygen atoms in total. The molecule has 0 radical (unpaired) electrons. The Balaban J connectivity index is 2.14. The van der Waals surface area contributed by atoms with Crippen LogP contribution in [0.5, 0.6) is 0 Å². The number of nitrogens with one attached hydrogen (secondary N) is 1. The highest BCUT2D eigenvalue weighted by Gasteiger charge is 1.96. The fraction of sp³-hybridized carbons (Fsp3) is 0. The third kappa shape index (κ3) is 2.42. The van der Waals surface area contributed by atoms with Crippen LogP contribution in [-0.2, 0) is 0 Å². The molecule has 0 aliphatic rings. The second-order valence-corrected chi connectivity index (χ2v) is 3.27. The molecule has 0 aromatic heterocycles. The van der Waals surface area contributed by atoms with Crippen LogP contribution in [0.15, 0.2) is 53.7 Å². The molecule has 0 aliphatic carbocycles. The number of nitrogens with zero attached hydrogens (tertiary/aromatic N) is 1. The van der Waals surface area contributed by atoms with Crippen molar-refractivity contribution in [2.75, 3.05) is 5.32 Å². The number of anilines is 2. The van der Waals surface area contributed by atoms with Gasteiger partial charge in [0.1, 0.15) is 11.5 Å². The van der Waals surface area contributed by atoms with E-state index in [1.165, 1.54) is 12.1 Å². The van der Waals surface area contributed by atoms with E-state index in [4.69, 9.17) is 0 Å². The van der Waals surface area contributed by atoms with Crippen LogP contribution >= 0.6 is 0 Å². The van der Waals surface area contributed by atoms with Crippen LogP contribution in [-0.4, -0.2) is 0 Å². The Morgan fingerprint density at radius 3 is 1.88 bits per heavy atom. The molecule has 0 saturated heterocycles. The van der Waals surface area contributed by atoms with Crippen LogP contribution in [0.25, 0.3) is 0 Å². The van der Waals surface area contributed by atoms with Gasteiger partial charge in [0, 0.05) is 11.4 Å². The molecule has 16 heavy (non-hydrogen) atoms. The van der Waals surface area contributed by atoms with Crippen LogP contribution in [0.2, 0.25) is 0 Å². The van der Waals surface area contributed by atoms with Crippen molar-refractivity contribution in [3.8, 4) is 0 Å². The monoisotopic (exact) mass is 216 g/mol. The highest BCUT2D eigenvalue weighted by Crippen LogP contribution is 2.20. The Bertz CT molecular complexity index is 479. The molecule has 0 amide bonds. The molecule has 0 aliphatic heterocycles. The number of benzene rings is 2. The van der Waals surface area contributed by atoms with Gasteiger partial charge in [-0.25, -0.2) is 4.39 Å². The lowest BCUT2D eigenvalue weighted by molar-refractivity contribution is 0.628. The molecule has 0 heterocycles. The SMILES string of the molecule is O=Nc1ccc(Nc2ccc(F)cc2)cc1. The minimum Gasteiger partial charge on any atom is -0.356 e. The normalized spacial score (nSPS) is 9.81. The van der Waals surface area contributed by atoms with E-state index in [1.807, 2.05) is 0 Å². The largest absolute Gasteiger partial charge is 0.356 e. The first-order chi connectivity index (χ1) is 7.78. The fourth-order valence-corrected chi connectivity index (χ4v) is 1.31. The molecular weight excluding hydrogens is 207 g/mol. The Labute approximate surface area is 91.9 Å². The lowest BCUT2D eigenvalue weighted by Crippen LogP contribution is -1.89. The Hall–Kier alpha value is -2.23. The van der Waals surface area contributed by atoms with E-state index in [0.717, 1.165) is 11.4 Å². The Morgan fingerprint density at radius 1 is 0.875 bits per heavy atom. The van der Waals surface area contributed by atoms with Crippen molar-refractivity contribution in [3.63, 3.8) is 0 Å². The van der Waals surface area contributed by atoms with Crippen LogP contribution in [0.3, 0.4) is 0 Å². The minimum absolute atomic E-state index is 0.272. The van der Waals surface area contributed by atoms with E-state index in [0.29, 0.717) is 5.69 Å². The zero-order chi connectivity index (χ0) is 11.4. The average molecular weight is 216 g/mol. The van der Waals surface area contributed by atoms with Crippen molar-refractivity contribution in [1.82, 2.24) is 0 Å². The molecule has 0 atom stereocenters. The standard InChI is InChI=1S/C12H9FN2O/c13-9-1-3-10(4-2-9)14-11-5-7-12(15-16)8-6-11/h1-8,14H. The summed E-state index contributed by atoms with van der Waals surface area (Å²) < 4.78 is 12.6. The smallest absolute Gasteiger partial charge is 0.123 e. The molecule has 0 bridgehead atoms. The van der Waals surface area contributed by atoms with Gasteiger partial charge < -0.3 is 5.32 Å². The molecule has 4 heteroatoms. The number of hydrogen-bond acceptors (Lipinski definition) is 3. The van der Waals surface area contributed by atoms with Crippen LogP contribution in [0.1, 0.15) is 0 Å². The van der Waals surface area contributed by atoms with Crippen molar-refractivity contribution in [1.29, 1.82) is 0 Å². The maximum absolute atomic E-state index is 12.6. The average Bonchev–Trinajstić information content (AvgIpc) is 2.33. The quantitative estimate of drug-likeness (QED) is 0.789. The van der Waals surface area contributed by atoms with E-state index in [-0.39, 0.29) is 5.82 Å². The fourth-order valence-electron chi connectivity index (χ4n) is 1.31. The maximum atomic E-state index is 12.6. The van der Waals surface area contributed by atoms with E-state index in [1.54, 1.807) is 36.4 Å².